The molecule has 1 atom stereocenters. The third kappa shape index (κ3) is 2.91. The summed E-state index contributed by atoms with van der Waals surface area (Å²) in [5.41, 5.74) is 8.63. The Morgan fingerprint density at radius 2 is 1.75 bits per heavy atom. The molecule has 1 heterocycles. The van der Waals surface area contributed by atoms with Gasteiger partial charge in [-0.1, -0.05) is 13.8 Å². The second-order valence-corrected chi connectivity index (χ2v) is 5.74. The average molecular weight is 278 g/mol. The maximum absolute atomic E-state index is 5.94. The summed E-state index contributed by atoms with van der Waals surface area (Å²) in [6.07, 6.45) is 1.04. The fourth-order valence-electron chi connectivity index (χ4n) is 3.03. The van der Waals surface area contributed by atoms with Crippen molar-refractivity contribution in [3.05, 3.63) is 23.3 Å². The first-order valence-corrected chi connectivity index (χ1v) is 7.28. The van der Waals surface area contributed by atoms with Gasteiger partial charge in [-0.3, -0.25) is 4.90 Å². The number of methoxy groups -OCH3 is 2. The van der Waals surface area contributed by atoms with Crippen LogP contribution in [-0.4, -0.2) is 38.3 Å². The van der Waals surface area contributed by atoms with Crippen LogP contribution in [-0.2, 0) is 13.0 Å². The van der Waals surface area contributed by atoms with E-state index in [1.54, 1.807) is 14.2 Å². The zero-order valence-corrected chi connectivity index (χ0v) is 13.0. The van der Waals surface area contributed by atoms with Crippen molar-refractivity contribution in [3.63, 3.8) is 0 Å². The van der Waals surface area contributed by atoms with Crippen molar-refractivity contribution in [3.8, 4) is 11.5 Å². The van der Waals surface area contributed by atoms with Crippen molar-refractivity contribution in [2.24, 2.45) is 11.7 Å². The van der Waals surface area contributed by atoms with Gasteiger partial charge >= 0.3 is 0 Å². The average Bonchev–Trinajstić information content (AvgIpc) is 2.46. The fourth-order valence-corrected chi connectivity index (χ4v) is 3.03. The maximum Gasteiger partial charge on any atom is 0.161 e. The molecule has 112 valence electrons. The minimum absolute atomic E-state index is 0.441. The van der Waals surface area contributed by atoms with Crippen molar-refractivity contribution in [1.29, 1.82) is 0 Å². The van der Waals surface area contributed by atoms with Gasteiger partial charge in [0.1, 0.15) is 0 Å². The Morgan fingerprint density at radius 3 is 2.25 bits per heavy atom. The number of hydrogen-bond acceptors (Lipinski definition) is 4. The van der Waals surface area contributed by atoms with E-state index in [0.717, 1.165) is 31.0 Å². The normalized spacial score (nSPS) is 16.9. The van der Waals surface area contributed by atoms with E-state index >= 15 is 0 Å². The summed E-state index contributed by atoms with van der Waals surface area (Å²) in [6.45, 7) is 7.18. The second kappa shape index (κ2) is 6.46. The van der Waals surface area contributed by atoms with Gasteiger partial charge in [0.05, 0.1) is 14.2 Å². The van der Waals surface area contributed by atoms with Crippen molar-refractivity contribution in [1.82, 2.24) is 4.90 Å². The highest BCUT2D eigenvalue weighted by atomic mass is 16.5. The number of fused-ring (bicyclic) bond motifs is 1. The highest BCUT2D eigenvalue weighted by Gasteiger charge is 2.25. The van der Waals surface area contributed by atoms with Crippen molar-refractivity contribution < 1.29 is 9.47 Å². The summed E-state index contributed by atoms with van der Waals surface area (Å²) in [4.78, 5) is 2.49. The van der Waals surface area contributed by atoms with Gasteiger partial charge in [-0.05, 0) is 35.6 Å². The van der Waals surface area contributed by atoms with Crippen LogP contribution in [0.1, 0.15) is 25.0 Å². The lowest BCUT2D eigenvalue weighted by molar-refractivity contribution is 0.144. The first kappa shape index (κ1) is 15.1. The van der Waals surface area contributed by atoms with Gasteiger partial charge in [-0.2, -0.15) is 0 Å². The Kier molecular flexibility index (Phi) is 4.89. The molecule has 0 aromatic heterocycles. The van der Waals surface area contributed by atoms with Crippen molar-refractivity contribution in [2.75, 3.05) is 27.3 Å². The molecule has 0 aliphatic carbocycles. The smallest absolute Gasteiger partial charge is 0.161 e. The van der Waals surface area contributed by atoms with E-state index in [0.29, 0.717) is 18.5 Å². The molecular formula is C16H26N2O2. The molecule has 1 aromatic rings. The van der Waals surface area contributed by atoms with Crippen LogP contribution in [0, 0.1) is 5.92 Å². The highest BCUT2D eigenvalue weighted by molar-refractivity contribution is 5.48. The molecule has 0 radical (unpaired) electrons. The summed E-state index contributed by atoms with van der Waals surface area (Å²) in [7, 11) is 3.37. The minimum atomic E-state index is 0.441. The lowest BCUT2D eigenvalue weighted by atomic mass is 9.94. The molecule has 2 N–H and O–H groups in total. The highest BCUT2D eigenvalue weighted by Crippen LogP contribution is 2.34. The molecule has 0 amide bonds. The predicted molar refractivity (Wildman–Crippen MR) is 81.3 cm³/mol. The molecule has 1 aliphatic rings. The molecule has 20 heavy (non-hydrogen) atoms. The maximum atomic E-state index is 5.94. The molecule has 0 bridgehead atoms. The van der Waals surface area contributed by atoms with Gasteiger partial charge < -0.3 is 15.2 Å². The Bertz CT molecular complexity index is 460. The molecule has 0 spiro atoms. The van der Waals surface area contributed by atoms with Gasteiger partial charge in [0.2, 0.25) is 0 Å². The number of hydrogen-bond donors (Lipinski definition) is 1. The molecule has 4 heteroatoms. The van der Waals surface area contributed by atoms with E-state index in [1.807, 2.05) is 0 Å². The Hall–Kier alpha value is -1.26. The zero-order chi connectivity index (χ0) is 14.7. The molecule has 0 fully saturated rings. The topological polar surface area (TPSA) is 47.7 Å². The van der Waals surface area contributed by atoms with E-state index < -0.39 is 0 Å². The molecule has 4 nitrogen and oxygen atoms in total. The second-order valence-electron chi connectivity index (χ2n) is 5.74. The van der Waals surface area contributed by atoms with Crippen molar-refractivity contribution >= 4 is 0 Å². The van der Waals surface area contributed by atoms with Crippen LogP contribution in [0.25, 0.3) is 0 Å². The Morgan fingerprint density at radius 1 is 1.15 bits per heavy atom. The summed E-state index contributed by atoms with van der Waals surface area (Å²) in [6, 6.07) is 4.66. The third-order valence-electron chi connectivity index (χ3n) is 4.23. The number of rotatable bonds is 5. The van der Waals surface area contributed by atoms with Crippen LogP contribution in [0.3, 0.4) is 0 Å². The summed E-state index contributed by atoms with van der Waals surface area (Å²) >= 11 is 0. The van der Waals surface area contributed by atoms with Gasteiger partial charge in [-0.15, -0.1) is 0 Å². The molecular weight excluding hydrogens is 252 g/mol. The summed E-state index contributed by atoms with van der Waals surface area (Å²) < 4.78 is 10.8. The minimum Gasteiger partial charge on any atom is -0.493 e. The summed E-state index contributed by atoms with van der Waals surface area (Å²) in [5.74, 6) is 2.20. The third-order valence-corrected chi connectivity index (χ3v) is 4.23. The lowest BCUT2D eigenvalue weighted by Gasteiger charge is -2.37. The molecule has 0 saturated heterocycles. The zero-order valence-electron chi connectivity index (χ0n) is 13.0. The van der Waals surface area contributed by atoms with E-state index in [2.05, 4.69) is 30.9 Å². The molecule has 1 aromatic carbocycles. The van der Waals surface area contributed by atoms with Gasteiger partial charge in [0.15, 0.2) is 11.5 Å². The SMILES string of the molecule is COc1cc2c(cc1OC)CN(C(CN)C(C)C)CC2. The van der Waals surface area contributed by atoms with Crippen LogP contribution in [0.2, 0.25) is 0 Å². The van der Waals surface area contributed by atoms with Crippen molar-refractivity contribution in [2.45, 2.75) is 32.9 Å². The van der Waals surface area contributed by atoms with E-state index in [-0.39, 0.29) is 0 Å². The quantitative estimate of drug-likeness (QED) is 0.895. The van der Waals surface area contributed by atoms with E-state index in [4.69, 9.17) is 15.2 Å². The predicted octanol–water partition coefficient (Wildman–Crippen LogP) is 2.05. The van der Waals surface area contributed by atoms with Crippen LogP contribution in [0.4, 0.5) is 0 Å². The standard InChI is InChI=1S/C16H26N2O2/c1-11(2)14(9-17)18-6-5-12-7-15(19-3)16(20-4)8-13(12)10-18/h7-8,11,14H,5-6,9-10,17H2,1-4H3. The Balaban J connectivity index is 2.25. The molecule has 1 unspecified atom stereocenters. The molecule has 0 saturated carbocycles. The number of nitrogens with zero attached hydrogens (tertiary/aromatic N) is 1. The van der Waals surface area contributed by atoms with Crippen LogP contribution >= 0.6 is 0 Å². The molecule has 1 aliphatic heterocycles. The van der Waals surface area contributed by atoms with E-state index in [9.17, 15) is 0 Å². The van der Waals surface area contributed by atoms with Crippen LogP contribution in [0.15, 0.2) is 12.1 Å². The molecule has 2 rings (SSSR count). The lowest BCUT2D eigenvalue weighted by Crippen LogP contribution is -2.46. The fraction of sp³-hybridized carbons (Fsp3) is 0.625. The largest absolute Gasteiger partial charge is 0.493 e. The number of ether oxygens (including phenoxy) is 2. The van der Waals surface area contributed by atoms with Gasteiger partial charge in [0.25, 0.3) is 0 Å². The van der Waals surface area contributed by atoms with Crippen LogP contribution in [0.5, 0.6) is 11.5 Å². The first-order chi connectivity index (χ1) is 9.60. The van der Waals surface area contributed by atoms with Crippen LogP contribution < -0.4 is 15.2 Å². The number of nitrogens with two attached hydrogens (primary N) is 1. The van der Waals surface area contributed by atoms with E-state index in [1.165, 1.54) is 11.1 Å². The van der Waals surface area contributed by atoms with Gasteiger partial charge in [-0.25, -0.2) is 0 Å². The Labute approximate surface area is 121 Å². The monoisotopic (exact) mass is 278 g/mol. The van der Waals surface area contributed by atoms with Gasteiger partial charge in [0, 0.05) is 25.7 Å². The summed E-state index contributed by atoms with van der Waals surface area (Å²) in [5, 5.41) is 0. The first-order valence-electron chi connectivity index (χ1n) is 7.28. The number of benzene rings is 1.